The number of aromatic nitrogens is 3. The van der Waals surface area contributed by atoms with Crippen LogP contribution in [0.3, 0.4) is 0 Å². The SMILES string of the molecule is COc1c(CNCc2c(C)noc2C)c(C)nn1C. The van der Waals surface area contributed by atoms with Crippen LogP contribution in [0, 0.1) is 20.8 Å². The van der Waals surface area contributed by atoms with Crippen molar-refractivity contribution < 1.29 is 9.26 Å². The van der Waals surface area contributed by atoms with Crippen molar-refractivity contribution in [2.75, 3.05) is 7.11 Å². The van der Waals surface area contributed by atoms with Crippen LogP contribution < -0.4 is 10.1 Å². The van der Waals surface area contributed by atoms with E-state index in [-0.39, 0.29) is 0 Å². The Morgan fingerprint density at radius 2 is 1.84 bits per heavy atom. The van der Waals surface area contributed by atoms with E-state index >= 15 is 0 Å². The Kier molecular flexibility index (Phi) is 3.90. The molecule has 0 fully saturated rings. The van der Waals surface area contributed by atoms with Crippen molar-refractivity contribution in [3.8, 4) is 5.88 Å². The lowest BCUT2D eigenvalue weighted by Crippen LogP contribution is -2.14. The normalized spacial score (nSPS) is 11.0. The molecule has 6 heteroatoms. The minimum Gasteiger partial charge on any atom is -0.481 e. The first-order chi connectivity index (χ1) is 9.04. The highest BCUT2D eigenvalue weighted by Crippen LogP contribution is 2.21. The van der Waals surface area contributed by atoms with Crippen molar-refractivity contribution >= 4 is 0 Å². The molecule has 19 heavy (non-hydrogen) atoms. The maximum Gasteiger partial charge on any atom is 0.216 e. The van der Waals surface area contributed by atoms with Crippen LogP contribution in [-0.2, 0) is 20.1 Å². The zero-order valence-electron chi connectivity index (χ0n) is 12.1. The second-order valence-corrected chi connectivity index (χ2v) is 4.60. The van der Waals surface area contributed by atoms with Gasteiger partial charge in [0.2, 0.25) is 5.88 Å². The Hall–Kier alpha value is -1.82. The summed E-state index contributed by atoms with van der Waals surface area (Å²) in [4.78, 5) is 0. The fourth-order valence-electron chi connectivity index (χ4n) is 2.21. The van der Waals surface area contributed by atoms with Crippen molar-refractivity contribution in [3.63, 3.8) is 0 Å². The average molecular weight is 264 g/mol. The molecule has 0 amide bonds. The van der Waals surface area contributed by atoms with Crippen LogP contribution in [0.25, 0.3) is 0 Å². The van der Waals surface area contributed by atoms with Crippen LogP contribution in [0.2, 0.25) is 0 Å². The summed E-state index contributed by atoms with van der Waals surface area (Å²) < 4.78 is 12.3. The predicted octanol–water partition coefficient (Wildman–Crippen LogP) is 1.63. The molecule has 2 aromatic heterocycles. The molecular weight excluding hydrogens is 244 g/mol. The van der Waals surface area contributed by atoms with Gasteiger partial charge >= 0.3 is 0 Å². The fourth-order valence-corrected chi connectivity index (χ4v) is 2.21. The lowest BCUT2D eigenvalue weighted by Gasteiger charge is -2.06. The van der Waals surface area contributed by atoms with E-state index in [4.69, 9.17) is 9.26 Å². The number of hydrogen-bond donors (Lipinski definition) is 1. The Morgan fingerprint density at radius 1 is 1.16 bits per heavy atom. The first kappa shape index (κ1) is 13.6. The summed E-state index contributed by atoms with van der Waals surface area (Å²) in [5.74, 6) is 1.66. The first-order valence-electron chi connectivity index (χ1n) is 6.23. The zero-order chi connectivity index (χ0) is 14.0. The zero-order valence-corrected chi connectivity index (χ0v) is 12.1. The molecule has 0 radical (unpaired) electrons. The van der Waals surface area contributed by atoms with Crippen LogP contribution in [0.4, 0.5) is 0 Å². The van der Waals surface area contributed by atoms with Gasteiger partial charge in [0.15, 0.2) is 0 Å². The third kappa shape index (κ3) is 2.63. The Labute approximate surface area is 112 Å². The number of methoxy groups -OCH3 is 1. The minimum absolute atomic E-state index is 0.701. The smallest absolute Gasteiger partial charge is 0.216 e. The van der Waals surface area contributed by atoms with E-state index in [1.807, 2.05) is 27.8 Å². The van der Waals surface area contributed by atoms with Gasteiger partial charge in [-0.1, -0.05) is 5.16 Å². The number of ether oxygens (including phenoxy) is 1. The number of rotatable bonds is 5. The van der Waals surface area contributed by atoms with Gasteiger partial charge in [-0.15, -0.1) is 0 Å². The van der Waals surface area contributed by atoms with Gasteiger partial charge in [0.25, 0.3) is 0 Å². The van der Waals surface area contributed by atoms with E-state index in [2.05, 4.69) is 15.6 Å². The molecule has 104 valence electrons. The standard InChI is InChI=1S/C13H20N4O2/c1-8-12(13(18-5)17(4)15-8)7-14-6-11-9(2)16-19-10(11)3/h14H,6-7H2,1-5H3. The van der Waals surface area contributed by atoms with Crippen LogP contribution in [0.5, 0.6) is 5.88 Å². The topological polar surface area (TPSA) is 65.1 Å². The molecule has 1 N–H and O–H groups in total. The Bertz CT molecular complexity index is 552. The summed E-state index contributed by atoms with van der Waals surface area (Å²) in [6, 6.07) is 0. The lowest BCUT2D eigenvalue weighted by molar-refractivity contribution is 0.368. The van der Waals surface area contributed by atoms with E-state index in [9.17, 15) is 0 Å². The molecular formula is C13H20N4O2. The van der Waals surface area contributed by atoms with E-state index in [0.717, 1.165) is 40.7 Å². The van der Waals surface area contributed by atoms with E-state index < -0.39 is 0 Å². The summed E-state index contributed by atoms with van der Waals surface area (Å²) in [6.45, 7) is 7.28. The first-order valence-corrected chi connectivity index (χ1v) is 6.23. The summed E-state index contributed by atoms with van der Waals surface area (Å²) in [5.41, 5.74) is 4.10. The van der Waals surface area contributed by atoms with Crippen LogP contribution >= 0.6 is 0 Å². The highest BCUT2D eigenvalue weighted by atomic mass is 16.5. The molecule has 2 rings (SSSR count). The predicted molar refractivity (Wildman–Crippen MR) is 71.0 cm³/mol. The molecule has 0 atom stereocenters. The monoisotopic (exact) mass is 264 g/mol. The summed E-state index contributed by atoms with van der Waals surface area (Å²) >= 11 is 0. The molecule has 0 bridgehead atoms. The van der Waals surface area contributed by atoms with Gasteiger partial charge in [0.1, 0.15) is 5.76 Å². The van der Waals surface area contributed by atoms with Gasteiger partial charge < -0.3 is 14.6 Å². The fraction of sp³-hybridized carbons (Fsp3) is 0.538. The van der Waals surface area contributed by atoms with Crippen molar-refractivity contribution in [1.82, 2.24) is 20.3 Å². The highest BCUT2D eigenvalue weighted by molar-refractivity contribution is 5.31. The average Bonchev–Trinajstić information content (AvgIpc) is 2.82. The molecule has 0 saturated carbocycles. The molecule has 0 saturated heterocycles. The maximum absolute atomic E-state index is 5.36. The molecule has 0 unspecified atom stereocenters. The summed E-state index contributed by atoms with van der Waals surface area (Å²) in [5, 5.41) is 11.7. The number of hydrogen-bond acceptors (Lipinski definition) is 5. The highest BCUT2D eigenvalue weighted by Gasteiger charge is 2.14. The molecule has 0 aliphatic heterocycles. The number of nitrogens with zero attached hydrogens (tertiary/aromatic N) is 3. The van der Waals surface area contributed by atoms with Crippen LogP contribution in [0.1, 0.15) is 28.3 Å². The Morgan fingerprint density at radius 3 is 2.42 bits per heavy atom. The van der Waals surface area contributed by atoms with Crippen molar-refractivity contribution in [2.24, 2.45) is 7.05 Å². The van der Waals surface area contributed by atoms with Crippen molar-refractivity contribution in [2.45, 2.75) is 33.9 Å². The van der Waals surface area contributed by atoms with Gasteiger partial charge in [-0.05, 0) is 20.8 Å². The van der Waals surface area contributed by atoms with E-state index in [1.54, 1.807) is 11.8 Å². The summed E-state index contributed by atoms with van der Waals surface area (Å²) in [7, 11) is 3.54. The quantitative estimate of drug-likeness (QED) is 0.889. The van der Waals surface area contributed by atoms with Gasteiger partial charge in [0, 0.05) is 25.7 Å². The van der Waals surface area contributed by atoms with Gasteiger partial charge in [0.05, 0.1) is 24.1 Å². The number of aryl methyl sites for hydroxylation is 4. The van der Waals surface area contributed by atoms with Crippen LogP contribution in [0.15, 0.2) is 4.52 Å². The van der Waals surface area contributed by atoms with E-state index in [0.29, 0.717) is 6.54 Å². The second-order valence-electron chi connectivity index (χ2n) is 4.60. The van der Waals surface area contributed by atoms with Crippen molar-refractivity contribution in [1.29, 1.82) is 0 Å². The van der Waals surface area contributed by atoms with E-state index in [1.165, 1.54) is 0 Å². The van der Waals surface area contributed by atoms with Crippen LogP contribution in [-0.4, -0.2) is 22.0 Å². The van der Waals surface area contributed by atoms with Crippen molar-refractivity contribution in [3.05, 3.63) is 28.3 Å². The molecule has 0 spiro atoms. The molecule has 0 aromatic carbocycles. The Balaban J connectivity index is 2.04. The maximum atomic E-state index is 5.36. The molecule has 2 heterocycles. The molecule has 0 aliphatic rings. The van der Waals surface area contributed by atoms with Gasteiger partial charge in [-0.2, -0.15) is 5.10 Å². The molecule has 2 aromatic rings. The minimum atomic E-state index is 0.701. The lowest BCUT2D eigenvalue weighted by atomic mass is 10.2. The molecule has 0 aliphatic carbocycles. The molecule has 6 nitrogen and oxygen atoms in total. The second kappa shape index (κ2) is 5.44. The third-order valence-corrected chi connectivity index (χ3v) is 3.27. The summed E-state index contributed by atoms with van der Waals surface area (Å²) in [6.07, 6.45) is 0. The third-order valence-electron chi connectivity index (χ3n) is 3.27. The van der Waals surface area contributed by atoms with Gasteiger partial charge in [-0.25, -0.2) is 4.68 Å². The largest absolute Gasteiger partial charge is 0.481 e. The number of nitrogens with one attached hydrogen (secondary N) is 1. The van der Waals surface area contributed by atoms with Gasteiger partial charge in [-0.3, -0.25) is 0 Å².